The minimum Gasteiger partial charge on any atom is -0.319 e. The number of hydrogen-bond acceptors (Lipinski definition) is 3. The van der Waals surface area contributed by atoms with Crippen LogP contribution in [0.4, 0.5) is 10.1 Å². The number of nitrogens with zero attached hydrogens (tertiary/aromatic N) is 1. The summed E-state index contributed by atoms with van der Waals surface area (Å²) in [6.45, 7) is 2.40. The zero-order valence-electron chi connectivity index (χ0n) is 14.8. The van der Waals surface area contributed by atoms with E-state index in [1.165, 1.54) is 40.7 Å². The maximum Gasteiger partial charge on any atom is 0.255 e. The molecule has 0 spiro atoms. The van der Waals surface area contributed by atoms with E-state index >= 15 is 0 Å². The molecule has 1 heterocycles. The second-order valence-electron chi connectivity index (χ2n) is 6.56. The number of carbonyl (C=O) groups excluding carboxylic acids is 1. The molecule has 0 saturated carbocycles. The van der Waals surface area contributed by atoms with E-state index in [1.54, 1.807) is 0 Å². The summed E-state index contributed by atoms with van der Waals surface area (Å²) >= 11 is 5.69. The fourth-order valence-electron chi connectivity index (χ4n) is 3.13. The molecule has 0 radical (unpaired) electrons. The van der Waals surface area contributed by atoms with Crippen molar-refractivity contribution in [1.29, 1.82) is 0 Å². The lowest BCUT2D eigenvalue weighted by Gasteiger charge is -2.32. The van der Waals surface area contributed by atoms with E-state index in [2.05, 4.69) is 5.32 Å². The van der Waals surface area contributed by atoms with Crippen LogP contribution in [0.15, 0.2) is 47.4 Å². The molecule has 0 unspecified atom stereocenters. The van der Waals surface area contributed by atoms with E-state index in [4.69, 9.17) is 11.6 Å². The monoisotopic (exact) mass is 410 g/mol. The maximum atomic E-state index is 13.8. The van der Waals surface area contributed by atoms with Crippen molar-refractivity contribution < 1.29 is 17.6 Å². The molecule has 2 aromatic rings. The molecular formula is C19H20ClFN2O3S. The third-order valence-electron chi connectivity index (χ3n) is 4.64. The number of hydrogen-bond donors (Lipinski definition) is 1. The highest BCUT2D eigenvalue weighted by Crippen LogP contribution is 2.25. The van der Waals surface area contributed by atoms with E-state index in [-0.39, 0.29) is 27.2 Å². The minimum atomic E-state index is -3.60. The third kappa shape index (κ3) is 4.31. The average molecular weight is 411 g/mol. The van der Waals surface area contributed by atoms with E-state index in [1.807, 2.05) is 6.92 Å². The van der Waals surface area contributed by atoms with Gasteiger partial charge in [-0.2, -0.15) is 4.31 Å². The van der Waals surface area contributed by atoms with Gasteiger partial charge in [0, 0.05) is 23.2 Å². The lowest BCUT2D eigenvalue weighted by molar-refractivity contribution is 0.102. The molecule has 5 nitrogen and oxygen atoms in total. The van der Waals surface area contributed by atoms with Crippen LogP contribution in [0.2, 0.25) is 5.02 Å². The summed E-state index contributed by atoms with van der Waals surface area (Å²) in [6, 6.07) is 9.55. The fourth-order valence-corrected chi connectivity index (χ4v) is 4.99. The van der Waals surface area contributed by atoms with E-state index in [9.17, 15) is 17.6 Å². The quantitative estimate of drug-likeness (QED) is 0.817. The predicted octanol–water partition coefficient (Wildman–Crippen LogP) is 4.29. The molecule has 1 aliphatic heterocycles. The van der Waals surface area contributed by atoms with Crippen LogP contribution >= 0.6 is 11.6 Å². The maximum absolute atomic E-state index is 13.8. The van der Waals surface area contributed by atoms with E-state index in [0.29, 0.717) is 6.54 Å². The third-order valence-corrected chi connectivity index (χ3v) is 6.91. The number of benzene rings is 2. The highest BCUT2D eigenvalue weighted by atomic mass is 35.5. The van der Waals surface area contributed by atoms with Gasteiger partial charge in [-0.15, -0.1) is 0 Å². The number of nitrogens with one attached hydrogen (secondary N) is 1. The molecule has 2 aromatic carbocycles. The summed E-state index contributed by atoms with van der Waals surface area (Å²) in [5, 5.41) is 2.68. The number of piperidine rings is 1. The molecular weight excluding hydrogens is 391 g/mol. The highest BCUT2D eigenvalue weighted by Gasteiger charge is 2.30. The fraction of sp³-hybridized carbons (Fsp3) is 0.316. The lowest BCUT2D eigenvalue weighted by Crippen LogP contribution is -2.41. The molecule has 1 aliphatic rings. The Morgan fingerprint density at radius 3 is 2.52 bits per heavy atom. The zero-order valence-corrected chi connectivity index (χ0v) is 16.4. The van der Waals surface area contributed by atoms with Gasteiger partial charge in [-0.05, 0) is 62.2 Å². The number of carbonyl (C=O) groups is 1. The molecule has 1 amide bonds. The Morgan fingerprint density at radius 2 is 1.89 bits per heavy atom. The van der Waals surface area contributed by atoms with Crippen molar-refractivity contribution in [1.82, 2.24) is 4.31 Å². The number of anilines is 1. The first-order valence-electron chi connectivity index (χ1n) is 8.67. The Labute approximate surface area is 163 Å². The summed E-state index contributed by atoms with van der Waals surface area (Å²) < 4.78 is 40.9. The molecule has 1 atom stereocenters. The molecule has 3 rings (SSSR count). The van der Waals surface area contributed by atoms with Gasteiger partial charge >= 0.3 is 0 Å². The van der Waals surface area contributed by atoms with Crippen molar-refractivity contribution in [3.63, 3.8) is 0 Å². The van der Waals surface area contributed by atoms with Gasteiger partial charge in [0.05, 0.1) is 10.6 Å². The summed E-state index contributed by atoms with van der Waals surface area (Å²) in [5.41, 5.74) is 0.234. The Kier molecular flexibility index (Phi) is 5.83. The van der Waals surface area contributed by atoms with Crippen LogP contribution in [0.3, 0.4) is 0 Å². The average Bonchev–Trinajstić information content (AvgIpc) is 2.64. The normalized spacial score (nSPS) is 18.3. The zero-order chi connectivity index (χ0) is 19.6. The summed E-state index contributed by atoms with van der Waals surface area (Å²) in [7, 11) is -3.60. The predicted molar refractivity (Wildman–Crippen MR) is 103 cm³/mol. The van der Waals surface area contributed by atoms with E-state index in [0.717, 1.165) is 25.3 Å². The van der Waals surface area contributed by atoms with Crippen LogP contribution in [0.5, 0.6) is 0 Å². The van der Waals surface area contributed by atoms with Crippen molar-refractivity contribution in [3.8, 4) is 0 Å². The second-order valence-corrected chi connectivity index (χ2v) is 8.89. The number of amides is 1. The standard InChI is InChI=1S/C19H20ClFN2O3S/c1-13-4-2-3-11-23(13)27(25,26)16-8-5-14(6-9-16)19(24)22-18-10-7-15(20)12-17(18)21/h5-10,12-13H,2-4,11H2,1H3,(H,22,24)/t13-/m0/s1. The van der Waals surface area contributed by atoms with Gasteiger partial charge in [0.25, 0.3) is 5.91 Å². The largest absolute Gasteiger partial charge is 0.319 e. The van der Waals surface area contributed by atoms with Crippen molar-refractivity contribution in [2.45, 2.75) is 37.1 Å². The molecule has 0 aliphatic carbocycles. The lowest BCUT2D eigenvalue weighted by atomic mass is 10.1. The van der Waals surface area contributed by atoms with Gasteiger partial charge in [0.2, 0.25) is 10.0 Å². The Morgan fingerprint density at radius 1 is 1.19 bits per heavy atom. The van der Waals surface area contributed by atoms with Crippen LogP contribution in [0.25, 0.3) is 0 Å². The summed E-state index contributed by atoms with van der Waals surface area (Å²) in [6.07, 6.45) is 2.71. The molecule has 1 fully saturated rings. The van der Waals surface area contributed by atoms with Crippen LogP contribution < -0.4 is 5.32 Å². The first kappa shape index (κ1) is 19.8. The SMILES string of the molecule is C[C@H]1CCCCN1S(=O)(=O)c1ccc(C(=O)Nc2ccc(Cl)cc2F)cc1. The van der Waals surface area contributed by atoms with Crippen LogP contribution in [0.1, 0.15) is 36.5 Å². The molecule has 27 heavy (non-hydrogen) atoms. The Balaban J connectivity index is 1.77. The smallest absolute Gasteiger partial charge is 0.255 e. The van der Waals surface area contributed by atoms with Crippen LogP contribution in [0, 0.1) is 5.82 Å². The van der Waals surface area contributed by atoms with Gasteiger partial charge in [0.15, 0.2) is 0 Å². The van der Waals surface area contributed by atoms with E-state index < -0.39 is 21.7 Å². The Bertz CT molecular complexity index is 948. The summed E-state index contributed by atoms with van der Waals surface area (Å²) in [4.78, 5) is 12.4. The number of halogens is 2. The second kappa shape index (κ2) is 7.96. The molecule has 0 aromatic heterocycles. The van der Waals surface area contributed by atoms with Crippen LogP contribution in [-0.4, -0.2) is 31.2 Å². The van der Waals surface area contributed by atoms with Crippen molar-refractivity contribution in [2.75, 3.05) is 11.9 Å². The van der Waals surface area contributed by atoms with Crippen molar-refractivity contribution in [2.24, 2.45) is 0 Å². The molecule has 144 valence electrons. The number of sulfonamides is 1. The summed E-state index contributed by atoms with van der Waals surface area (Å²) in [5.74, 6) is -1.18. The van der Waals surface area contributed by atoms with Gasteiger partial charge in [-0.1, -0.05) is 18.0 Å². The first-order chi connectivity index (χ1) is 12.8. The van der Waals surface area contributed by atoms with Crippen molar-refractivity contribution in [3.05, 3.63) is 58.9 Å². The van der Waals surface area contributed by atoms with Gasteiger partial charge in [0.1, 0.15) is 5.82 Å². The van der Waals surface area contributed by atoms with Gasteiger partial charge in [-0.3, -0.25) is 4.79 Å². The van der Waals surface area contributed by atoms with Gasteiger partial charge < -0.3 is 5.32 Å². The minimum absolute atomic E-state index is 0.00300. The van der Waals surface area contributed by atoms with Gasteiger partial charge in [-0.25, -0.2) is 12.8 Å². The molecule has 8 heteroatoms. The topological polar surface area (TPSA) is 66.5 Å². The Hall–Kier alpha value is -1.96. The molecule has 1 N–H and O–H groups in total. The highest BCUT2D eigenvalue weighted by molar-refractivity contribution is 7.89. The first-order valence-corrected chi connectivity index (χ1v) is 10.5. The van der Waals surface area contributed by atoms with Crippen LogP contribution in [-0.2, 0) is 10.0 Å². The molecule has 1 saturated heterocycles. The number of rotatable bonds is 4. The van der Waals surface area contributed by atoms with Crippen molar-refractivity contribution >= 4 is 33.2 Å². The molecule has 0 bridgehead atoms.